The van der Waals surface area contributed by atoms with Gasteiger partial charge in [0.1, 0.15) is 17.7 Å². The molecular weight excluding hydrogens is 409 g/mol. The zero-order valence-electron chi connectivity index (χ0n) is 15.3. The minimum atomic E-state index is -4.46. The average Bonchev–Trinajstić information content (AvgIpc) is 3.31. The summed E-state index contributed by atoms with van der Waals surface area (Å²) in [5, 5.41) is 3.77. The molecule has 4 rings (SSSR count). The van der Waals surface area contributed by atoms with Crippen molar-refractivity contribution in [1.29, 1.82) is 0 Å². The lowest BCUT2D eigenvalue weighted by Crippen LogP contribution is -2.28. The Kier molecular flexibility index (Phi) is 5.00. The van der Waals surface area contributed by atoms with Crippen molar-refractivity contribution in [3.8, 4) is 11.4 Å². The number of aromatic nitrogens is 2. The maximum Gasteiger partial charge on any atom is 0.416 e. The lowest BCUT2D eigenvalue weighted by atomic mass is 10.1. The van der Waals surface area contributed by atoms with E-state index < -0.39 is 29.4 Å². The van der Waals surface area contributed by atoms with E-state index in [4.69, 9.17) is 4.52 Å². The Morgan fingerprint density at radius 1 is 1.07 bits per heavy atom. The highest BCUT2D eigenvalue weighted by atomic mass is 19.4. The number of carbonyl (C=O) groups is 1. The topological polar surface area (TPSA) is 59.2 Å². The molecule has 10 heteroatoms. The predicted octanol–water partition coefficient (Wildman–Crippen LogP) is 4.90. The van der Waals surface area contributed by atoms with Crippen molar-refractivity contribution < 1.29 is 31.3 Å². The van der Waals surface area contributed by atoms with E-state index in [1.807, 2.05) is 0 Å². The standard InChI is InChI=1S/C20H14F5N3O2/c21-14-2-1-3-15(22)13(14)10-28-16(8-9-17(28)29)19-26-18(27-30-19)11-4-6-12(7-5-11)20(23,24)25/h1-7,16H,8-10H2. The third-order valence-corrected chi connectivity index (χ3v) is 4.92. The molecule has 30 heavy (non-hydrogen) atoms. The SMILES string of the molecule is O=C1CCC(c2nc(-c3ccc(C(F)(F)F)cc3)no2)N1Cc1c(F)cccc1F. The van der Waals surface area contributed by atoms with Crippen molar-refractivity contribution in [3.05, 3.63) is 71.1 Å². The van der Waals surface area contributed by atoms with Crippen LogP contribution in [0.3, 0.4) is 0 Å². The molecule has 5 nitrogen and oxygen atoms in total. The molecule has 156 valence electrons. The Labute approximate surface area is 167 Å². The molecule has 0 spiro atoms. The largest absolute Gasteiger partial charge is 0.416 e. The lowest BCUT2D eigenvalue weighted by Gasteiger charge is -2.22. The molecule has 1 unspecified atom stereocenters. The van der Waals surface area contributed by atoms with Crippen molar-refractivity contribution in [2.75, 3.05) is 0 Å². The number of carbonyl (C=O) groups excluding carboxylic acids is 1. The van der Waals surface area contributed by atoms with Crippen molar-refractivity contribution >= 4 is 5.91 Å². The highest BCUT2D eigenvalue weighted by molar-refractivity contribution is 5.78. The lowest BCUT2D eigenvalue weighted by molar-refractivity contribution is -0.137. The van der Waals surface area contributed by atoms with Crippen LogP contribution in [0.2, 0.25) is 0 Å². The number of benzene rings is 2. The predicted molar refractivity (Wildman–Crippen MR) is 93.6 cm³/mol. The van der Waals surface area contributed by atoms with Gasteiger partial charge < -0.3 is 9.42 Å². The van der Waals surface area contributed by atoms with Gasteiger partial charge in [-0.05, 0) is 30.7 Å². The van der Waals surface area contributed by atoms with Crippen LogP contribution in [-0.2, 0) is 17.5 Å². The highest BCUT2D eigenvalue weighted by Crippen LogP contribution is 2.35. The van der Waals surface area contributed by atoms with Crippen molar-refractivity contribution in [3.63, 3.8) is 0 Å². The molecule has 2 aromatic carbocycles. The number of nitrogens with zero attached hydrogens (tertiary/aromatic N) is 3. The molecule has 1 amide bonds. The summed E-state index contributed by atoms with van der Waals surface area (Å²) in [6, 6.07) is 6.97. The Hall–Kier alpha value is -3.30. The Morgan fingerprint density at radius 2 is 1.73 bits per heavy atom. The Bertz CT molecular complexity index is 1060. The number of hydrogen-bond donors (Lipinski definition) is 0. The van der Waals surface area contributed by atoms with Crippen LogP contribution in [0.4, 0.5) is 22.0 Å². The van der Waals surface area contributed by atoms with E-state index in [1.54, 1.807) is 0 Å². The molecule has 1 aliphatic heterocycles. The summed E-state index contributed by atoms with van der Waals surface area (Å²) >= 11 is 0. The van der Waals surface area contributed by atoms with Gasteiger partial charge in [-0.3, -0.25) is 4.79 Å². The first-order valence-corrected chi connectivity index (χ1v) is 8.97. The fraction of sp³-hybridized carbons (Fsp3) is 0.250. The number of amides is 1. The fourth-order valence-corrected chi connectivity index (χ4v) is 3.34. The highest BCUT2D eigenvalue weighted by Gasteiger charge is 2.37. The van der Waals surface area contributed by atoms with Gasteiger partial charge in [-0.2, -0.15) is 18.2 Å². The monoisotopic (exact) mass is 423 g/mol. The van der Waals surface area contributed by atoms with E-state index in [0.717, 1.165) is 24.3 Å². The van der Waals surface area contributed by atoms with Crippen LogP contribution in [0.15, 0.2) is 47.0 Å². The molecular formula is C20H14F5N3O2. The third kappa shape index (κ3) is 3.77. The van der Waals surface area contributed by atoms with E-state index in [1.165, 1.54) is 23.1 Å². The maximum atomic E-state index is 14.0. The van der Waals surface area contributed by atoms with Gasteiger partial charge in [-0.15, -0.1) is 0 Å². The van der Waals surface area contributed by atoms with Gasteiger partial charge in [0.2, 0.25) is 17.6 Å². The first kappa shape index (κ1) is 20.0. The van der Waals surface area contributed by atoms with Gasteiger partial charge >= 0.3 is 6.18 Å². The smallest absolute Gasteiger partial charge is 0.337 e. The molecule has 0 N–H and O–H groups in total. The first-order chi connectivity index (χ1) is 14.2. The number of halogens is 5. The second-order valence-corrected chi connectivity index (χ2v) is 6.81. The maximum absolute atomic E-state index is 14.0. The van der Waals surface area contributed by atoms with E-state index in [2.05, 4.69) is 10.1 Å². The second kappa shape index (κ2) is 7.51. The van der Waals surface area contributed by atoms with Gasteiger partial charge in [0.05, 0.1) is 12.1 Å². The summed E-state index contributed by atoms with van der Waals surface area (Å²) in [5.74, 6) is -1.77. The minimum Gasteiger partial charge on any atom is -0.337 e. The number of likely N-dealkylation sites (tertiary alicyclic amines) is 1. The van der Waals surface area contributed by atoms with Gasteiger partial charge in [0.25, 0.3) is 0 Å². The van der Waals surface area contributed by atoms with Crippen molar-refractivity contribution in [2.24, 2.45) is 0 Å². The summed E-state index contributed by atoms with van der Waals surface area (Å²) in [5.41, 5.74) is -0.760. The Morgan fingerprint density at radius 3 is 2.37 bits per heavy atom. The molecule has 2 heterocycles. The van der Waals surface area contributed by atoms with E-state index in [-0.39, 0.29) is 36.2 Å². The van der Waals surface area contributed by atoms with E-state index in [9.17, 15) is 26.7 Å². The fourth-order valence-electron chi connectivity index (χ4n) is 3.34. The van der Waals surface area contributed by atoms with Crippen LogP contribution in [0.1, 0.15) is 35.9 Å². The van der Waals surface area contributed by atoms with Gasteiger partial charge in [-0.1, -0.05) is 23.4 Å². The van der Waals surface area contributed by atoms with Crippen LogP contribution < -0.4 is 0 Å². The van der Waals surface area contributed by atoms with Crippen LogP contribution in [0, 0.1) is 11.6 Å². The van der Waals surface area contributed by atoms with Crippen LogP contribution >= 0.6 is 0 Å². The Balaban J connectivity index is 1.58. The molecule has 3 aromatic rings. The number of hydrogen-bond acceptors (Lipinski definition) is 4. The van der Waals surface area contributed by atoms with Crippen LogP contribution in [0.5, 0.6) is 0 Å². The summed E-state index contributed by atoms with van der Waals surface area (Å²) in [4.78, 5) is 17.7. The molecule has 1 aromatic heterocycles. The van der Waals surface area contributed by atoms with E-state index >= 15 is 0 Å². The third-order valence-electron chi connectivity index (χ3n) is 4.92. The van der Waals surface area contributed by atoms with Gasteiger partial charge in [-0.25, -0.2) is 8.78 Å². The van der Waals surface area contributed by atoms with Gasteiger partial charge in [0.15, 0.2) is 0 Å². The van der Waals surface area contributed by atoms with Crippen LogP contribution in [0.25, 0.3) is 11.4 Å². The van der Waals surface area contributed by atoms with Crippen molar-refractivity contribution in [2.45, 2.75) is 31.6 Å². The molecule has 0 radical (unpaired) electrons. The molecule has 0 bridgehead atoms. The molecule has 0 aliphatic carbocycles. The average molecular weight is 423 g/mol. The van der Waals surface area contributed by atoms with E-state index in [0.29, 0.717) is 12.0 Å². The summed E-state index contributed by atoms with van der Waals surface area (Å²) < 4.78 is 71.3. The molecule has 0 saturated carbocycles. The molecule has 1 atom stereocenters. The van der Waals surface area contributed by atoms with Crippen molar-refractivity contribution in [1.82, 2.24) is 15.0 Å². The summed E-state index contributed by atoms with van der Waals surface area (Å²) in [6.07, 6.45) is -4.02. The zero-order valence-corrected chi connectivity index (χ0v) is 15.3. The normalized spacial score (nSPS) is 17.0. The first-order valence-electron chi connectivity index (χ1n) is 8.97. The minimum absolute atomic E-state index is 0.0486. The van der Waals surface area contributed by atoms with Gasteiger partial charge in [0, 0.05) is 17.5 Å². The molecule has 1 aliphatic rings. The number of rotatable bonds is 4. The molecule has 1 saturated heterocycles. The quantitative estimate of drug-likeness (QED) is 0.561. The molecule has 1 fully saturated rings. The summed E-state index contributed by atoms with van der Waals surface area (Å²) in [6.45, 7) is -0.306. The van der Waals surface area contributed by atoms with Crippen LogP contribution in [-0.4, -0.2) is 20.9 Å². The second-order valence-electron chi connectivity index (χ2n) is 6.81. The number of alkyl halides is 3. The summed E-state index contributed by atoms with van der Waals surface area (Å²) in [7, 11) is 0. The zero-order chi connectivity index (χ0) is 21.5.